The second-order valence-corrected chi connectivity index (χ2v) is 5.91. The molecule has 156 valence electrons. The molecule has 0 spiro atoms. The minimum atomic E-state index is -4.87. The minimum absolute atomic E-state index is 0.0184. The van der Waals surface area contributed by atoms with E-state index in [4.69, 9.17) is 0 Å². The Bertz CT molecular complexity index is 1080. The van der Waals surface area contributed by atoms with Crippen LogP contribution in [-0.2, 0) is 10.9 Å². The van der Waals surface area contributed by atoms with Crippen molar-refractivity contribution in [2.75, 3.05) is 11.9 Å². The van der Waals surface area contributed by atoms with Crippen molar-refractivity contribution in [3.63, 3.8) is 0 Å². The molecule has 3 aromatic rings. The summed E-state index contributed by atoms with van der Waals surface area (Å²) < 4.78 is 45.9. The molecule has 1 amide bonds. The maximum atomic E-state index is 13.6. The molecule has 0 aliphatic rings. The van der Waals surface area contributed by atoms with Gasteiger partial charge in [-0.15, -0.1) is 0 Å². The second kappa shape index (κ2) is 8.23. The van der Waals surface area contributed by atoms with Gasteiger partial charge in [0.2, 0.25) is 0 Å². The van der Waals surface area contributed by atoms with Gasteiger partial charge in [-0.25, -0.2) is 14.5 Å². The van der Waals surface area contributed by atoms with E-state index in [2.05, 4.69) is 20.1 Å². The van der Waals surface area contributed by atoms with E-state index >= 15 is 0 Å². The highest BCUT2D eigenvalue weighted by Crippen LogP contribution is 2.34. The molecule has 0 radical (unpaired) electrons. The summed E-state index contributed by atoms with van der Waals surface area (Å²) in [7, 11) is 0. The highest BCUT2D eigenvalue weighted by Gasteiger charge is 2.41. The van der Waals surface area contributed by atoms with Crippen LogP contribution in [0.25, 0.3) is 5.69 Å². The van der Waals surface area contributed by atoms with Gasteiger partial charge in [-0.05, 0) is 43.3 Å². The number of hydrogen-bond donors (Lipinski definition) is 2. The SMILES string of the molecule is CCOC(=O)c1cnn(-c2ccc(C(=O)Nc3ncccc3O)cc2)c1C(F)(F)F. The van der Waals surface area contributed by atoms with Gasteiger partial charge in [0.1, 0.15) is 5.56 Å². The lowest BCUT2D eigenvalue weighted by Gasteiger charge is -2.13. The van der Waals surface area contributed by atoms with Gasteiger partial charge in [0.15, 0.2) is 17.3 Å². The first-order valence-corrected chi connectivity index (χ1v) is 8.60. The van der Waals surface area contributed by atoms with Crippen molar-refractivity contribution in [2.45, 2.75) is 13.1 Å². The van der Waals surface area contributed by atoms with Crippen molar-refractivity contribution >= 4 is 17.7 Å². The van der Waals surface area contributed by atoms with Gasteiger partial charge >= 0.3 is 12.1 Å². The fourth-order valence-electron chi connectivity index (χ4n) is 2.60. The number of pyridine rings is 1. The number of halogens is 3. The average Bonchev–Trinajstić information content (AvgIpc) is 3.16. The van der Waals surface area contributed by atoms with Crippen LogP contribution in [0, 0.1) is 0 Å². The number of amides is 1. The van der Waals surface area contributed by atoms with Gasteiger partial charge in [0, 0.05) is 11.8 Å². The van der Waals surface area contributed by atoms with E-state index in [1.807, 2.05) is 0 Å². The van der Waals surface area contributed by atoms with Crippen LogP contribution in [0.15, 0.2) is 48.8 Å². The van der Waals surface area contributed by atoms with E-state index in [-0.39, 0.29) is 29.4 Å². The van der Waals surface area contributed by atoms with Crippen molar-refractivity contribution in [1.29, 1.82) is 0 Å². The Morgan fingerprint density at radius 3 is 2.50 bits per heavy atom. The van der Waals surface area contributed by atoms with Crippen molar-refractivity contribution in [1.82, 2.24) is 14.8 Å². The molecule has 0 saturated heterocycles. The van der Waals surface area contributed by atoms with Crippen LogP contribution >= 0.6 is 0 Å². The topological polar surface area (TPSA) is 106 Å². The Morgan fingerprint density at radius 1 is 1.20 bits per heavy atom. The fourth-order valence-corrected chi connectivity index (χ4v) is 2.60. The maximum absolute atomic E-state index is 13.6. The zero-order chi connectivity index (χ0) is 21.9. The number of esters is 1. The molecule has 2 aromatic heterocycles. The van der Waals surface area contributed by atoms with Gasteiger partial charge in [0.05, 0.1) is 18.5 Å². The summed E-state index contributed by atoms with van der Waals surface area (Å²) in [6.07, 6.45) is -2.72. The van der Waals surface area contributed by atoms with Gasteiger partial charge in [-0.2, -0.15) is 18.3 Å². The third-order valence-electron chi connectivity index (χ3n) is 3.93. The third kappa shape index (κ3) is 4.24. The number of alkyl halides is 3. The summed E-state index contributed by atoms with van der Waals surface area (Å²) in [6.45, 7) is 1.39. The molecule has 2 heterocycles. The molecule has 11 heteroatoms. The number of aromatic nitrogens is 3. The first-order valence-electron chi connectivity index (χ1n) is 8.60. The molecule has 3 rings (SSSR count). The quantitative estimate of drug-likeness (QED) is 0.613. The lowest BCUT2D eigenvalue weighted by molar-refractivity contribution is -0.143. The van der Waals surface area contributed by atoms with Crippen LogP contribution in [0.3, 0.4) is 0 Å². The highest BCUT2D eigenvalue weighted by molar-refractivity contribution is 6.04. The number of rotatable bonds is 5. The third-order valence-corrected chi connectivity index (χ3v) is 3.93. The molecule has 0 bridgehead atoms. The van der Waals surface area contributed by atoms with E-state index in [0.717, 1.165) is 6.20 Å². The standard InChI is InChI=1S/C19H15F3N4O4/c1-2-30-18(29)13-10-24-26(15(13)19(20,21)22)12-7-5-11(6-8-12)17(28)25-16-14(27)4-3-9-23-16/h3-10,27H,2H2,1H3,(H,23,25,28). The van der Waals surface area contributed by atoms with Crippen LogP contribution < -0.4 is 5.32 Å². The lowest BCUT2D eigenvalue weighted by atomic mass is 10.2. The predicted molar refractivity (Wildman–Crippen MR) is 98.4 cm³/mol. The molecule has 30 heavy (non-hydrogen) atoms. The van der Waals surface area contributed by atoms with E-state index in [0.29, 0.717) is 4.68 Å². The second-order valence-electron chi connectivity index (χ2n) is 5.91. The lowest BCUT2D eigenvalue weighted by Crippen LogP contribution is -2.18. The van der Waals surface area contributed by atoms with Gasteiger partial charge < -0.3 is 15.2 Å². The zero-order valence-corrected chi connectivity index (χ0v) is 15.5. The first-order chi connectivity index (χ1) is 14.2. The van der Waals surface area contributed by atoms with Crippen LogP contribution in [0.2, 0.25) is 0 Å². The summed E-state index contributed by atoms with van der Waals surface area (Å²) in [4.78, 5) is 27.9. The van der Waals surface area contributed by atoms with Crippen molar-refractivity contribution < 1.29 is 32.6 Å². The van der Waals surface area contributed by atoms with Crippen molar-refractivity contribution in [3.8, 4) is 11.4 Å². The Hall–Kier alpha value is -3.89. The van der Waals surface area contributed by atoms with Gasteiger partial charge in [-0.3, -0.25) is 4.79 Å². The molecule has 2 N–H and O–H groups in total. The normalized spacial score (nSPS) is 11.2. The number of benzene rings is 1. The number of anilines is 1. The van der Waals surface area contributed by atoms with Crippen LogP contribution in [0.5, 0.6) is 5.75 Å². The number of carbonyl (C=O) groups excluding carboxylic acids is 2. The Labute approximate surface area is 167 Å². The molecular weight excluding hydrogens is 405 g/mol. The van der Waals surface area contributed by atoms with Gasteiger partial charge in [-0.1, -0.05) is 0 Å². The first kappa shape index (κ1) is 20.8. The molecule has 0 fully saturated rings. The average molecular weight is 420 g/mol. The molecule has 0 aliphatic heterocycles. The predicted octanol–water partition coefficient (Wildman–Crippen LogP) is 3.42. The molecule has 0 unspecified atom stereocenters. The van der Waals surface area contributed by atoms with E-state index in [1.54, 1.807) is 0 Å². The summed E-state index contributed by atoms with van der Waals surface area (Å²) in [5.74, 6) is -2.06. The molecule has 8 nitrogen and oxygen atoms in total. The van der Waals surface area contributed by atoms with E-state index in [9.17, 15) is 27.9 Å². The fraction of sp³-hybridized carbons (Fsp3) is 0.158. The van der Waals surface area contributed by atoms with Crippen LogP contribution in [-0.4, -0.2) is 38.4 Å². The summed E-state index contributed by atoms with van der Waals surface area (Å²) in [5, 5.41) is 15.7. The molecule has 1 aromatic carbocycles. The molecule has 0 atom stereocenters. The maximum Gasteiger partial charge on any atom is 0.434 e. The van der Waals surface area contributed by atoms with E-state index < -0.39 is 29.3 Å². The number of hydrogen-bond acceptors (Lipinski definition) is 6. The van der Waals surface area contributed by atoms with Crippen molar-refractivity contribution in [3.05, 3.63) is 65.6 Å². The smallest absolute Gasteiger partial charge is 0.434 e. The number of nitrogens with zero attached hydrogens (tertiary/aromatic N) is 3. The van der Waals surface area contributed by atoms with Crippen LogP contribution in [0.1, 0.15) is 33.3 Å². The summed E-state index contributed by atoms with van der Waals surface area (Å²) >= 11 is 0. The molecule has 0 aliphatic carbocycles. The molecule has 0 saturated carbocycles. The summed E-state index contributed by atoms with van der Waals surface area (Å²) in [6, 6.07) is 7.84. The Balaban J connectivity index is 1.90. The number of carbonyl (C=O) groups is 2. The van der Waals surface area contributed by atoms with E-state index in [1.165, 1.54) is 49.5 Å². The number of aromatic hydroxyl groups is 1. The van der Waals surface area contributed by atoms with Crippen LogP contribution in [0.4, 0.5) is 19.0 Å². The largest absolute Gasteiger partial charge is 0.504 e. The zero-order valence-electron chi connectivity index (χ0n) is 15.5. The Morgan fingerprint density at radius 2 is 1.90 bits per heavy atom. The number of ether oxygens (including phenoxy) is 1. The number of nitrogens with one attached hydrogen (secondary N) is 1. The molecular formula is C19H15F3N4O4. The summed E-state index contributed by atoms with van der Waals surface area (Å²) in [5.41, 5.74) is -1.90. The van der Waals surface area contributed by atoms with Crippen molar-refractivity contribution in [2.24, 2.45) is 0 Å². The Kier molecular flexibility index (Phi) is 5.72. The van der Waals surface area contributed by atoms with Gasteiger partial charge in [0.25, 0.3) is 5.91 Å². The monoisotopic (exact) mass is 420 g/mol. The minimum Gasteiger partial charge on any atom is -0.504 e. The highest BCUT2D eigenvalue weighted by atomic mass is 19.4.